The lowest BCUT2D eigenvalue weighted by atomic mass is 9.97. The van der Waals surface area contributed by atoms with Gasteiger partial charge in [0.1, 0.15) is 0 Å². The number of nitro groups is 1. The Hall–Kier alpha value is -3.42. The first-order valence-corrected chi connectivity index (χ1v) is 10.6. The molecule has 2 aromatic rings. The molecule has 0 spiro atoms. The Morgan fingerprint density at radius 2 is 1.87 bits per heavy atom. The minimum Gasteiger partial charge on any atom is -0.371 e. The lowest BCUT2D eigenvalue weighted by molar-refractivity contribution is -0.384. The second-order valence-electron chi connectivity index (χ2n) is 7.92. The van der Waals surface area contributed by atoms with Crippen molar-refractivity contribution in [3.05, 3.63) is 63.7 Å². The summed E-state index contributed by atoms with van der Waals surface area (Å²) in [5.41, 5.74) is 1.71. The van der Waals surface area contributed by atoms with Crippen LogP contribution in [-0.2, 0) is 0 Å². The van der Waals surface area contributed by atoms with Gasteiger partial charge in [0.25, 0.3) is 17.5 Å². The summed E-state index contributed by atoms with van der Waals surface area (Å²) in [5.74, 6) is -0.0342. The molecule has 1 heterocycles. The van der Waals surface area contributed by atoms with Crippen molar-refractivity contribution in [2.45, 2.75) is 33.1 Å². The zero-order valence-electron chi connectivity index (χ0n) is 17.9. The molecule has 31 heavy (non-hydrogen) atoms. The summed E-state index contributed by atoms with van der Waals surface area (Å²) in [5, 5.41) is 16.9. The van der Waals surface area contributed by atoms with Gasteiger partial charge in [-0.1, -0.05) is 19.9 Å². The minimum atomic E-state index is -0.502. The summed E-state index contributed by atoms with van der Waals surface area (Å²) in [6.45, 7) is 6.33. The highest BCUT2D eigenvalue weighted by Crippen LogP contribution is 2.30. The van der Waals surface area contributed by atoms with E-state index in [4.69, 9.17) is 0 Å². The summed E-state index contributed by atoms with van der Waals surface area (Å²) in [4.78, 5) is 38.2. The van der Waals surface area contributed by atoms with E-state index in [1.54, 1.807) is 30.3 Å². The van der Waals surface area contributed by atoms with Gasteiger partial charge in [-0.05, 0) is 49.4 Å². The van der Waals surface area contributed by atoms with Crippen molar-refractivity contribution in [1.29, 1.82) is 0 Å². The molecular weight excluding hydrogens is 396 g/mol. The Labute approximate surface area is 181 Å². The number of benzene rings is 2. The van der Waals surface area contributed by atoms with Gasteiger partial charge in [-0.2, -0.15) is 0 Å². The third-order valence-corrected chi connectivity index (χ3v) is 5.48. The highest BCUT2D eigenvalue weighted by atomic mass is 16.6. The number of carbonyl (C=O) groups excluding carboxylic acids is 2. The summed E-state index contributed by atoms with van der Waals surface area (Å²) < 4.78 is 0. The summed E-state index contributed by atoms with van der Waals surface area (Å²) in [6, 6.07) is 11.1. The Balaban J connectivity index is 1.85. The summed E-state index contributed by atoms with van der Waals surface area (Å²) >= 11 is 0. The third-order valence-electron chi connectivity index (χ3n) is 5.48. The SMILES string of the molecule is CCCNC(=O)c1cccc(NC(=O)c2cc([N+](=O)[O-])ccc2N2CCC(C)CC2)c1. The first-order valence-electron chi connectivity index (χ1n) is 10.6. The first-order chi connectivity index (χ1) is 14.9. The minimum absolute atomic E-state index is 0.132. The maximum absolute atomic E-state index is 13.1. The molecule has 2 amide bonds. The summed E-state index contributed by atoms with van der Waals surface area (Å²) in [6.07, 6.45) is 2.84. The van der Waals surface area contributed by atoms with Crippen LogP contribution in [-0.4, -0.2) is 36.4 Å². The van der Waals surface area contributed by atoms with Crippen molar-refractivity contribution >= 4 is 28.9 Å². The molecule has 0 atom stereocenters. The number of hydrogen-bond acceptors (Lipinski definition) is 5. The zero-order chi connectivity index (χ0) is 22.4. The van der Waals surface area contributed by atoms with E-state index in [-0.39, 0.29) is 17.2 Å². The van der Waals surface area contributed by atoms with Gasteiger partial charge in [-0.25, -0.2) is 0 Å². The number of nitrogens with one attached hydrogen (secondary N) is 2. The molecule has 1 saturated heterocycles. The Bertz CT molecular complexity index is 968. The maximum atomic E-state index is 13.1. The number of non-ortho nitro benzene ring substituents is 1. The van der Waals surface area contributed by atoms with Gasteiger partial charge < -0.3 is 15.5 Å². The number of nitrogens with zero attached hydrogens (tertiary/aromatic N) is 2. The van der Waals surface area contributed by atoms with E-state index in [0.29, 0.717) is 29.4 Å². The van der Waals surface area contributed by atoms with Crippen molar-refractivity contribution in [1.82, 2.24) is 5.32 Å². The van der Waals surface area contributed by atoms with Crippen molar-refractivity contribution in [2.24, 2.45) is 5.92 Å². The smallest absolute Gasteiger partial charge is 0.270 e. The quantitative estimate of drug-likeness (QED) is 0.511. The molecule has 0 saturated carbocycles. The van der Waals surface area contributed by atoms with E-state index in [1.165, 1.54) is 12.1 Å². The van der Waals surface area contributed by atoms with E-state index in [9.17, 15) is 19.7 Å². The van der Waals surface area contributed by atoms with E-state index in [1.807, 2.05) is 6.92 Å². The van der Waals surface area contributed by atoms with Crippen molar-refractivity contribution in [3.8, 4) is 0 Å². The monoisotopic (exact) mass is 424 g/mol. The van der Waals surface area contributed by atoms with E-state index >= 15 is 0 Å². The fourth-order valence-corrected chi connectivity index (χ4v) is 3.62. The number of nitro benzene ring substituents is 1. The van der Waals surface area contributed by atoms with Gasteiger partial charge in [0.2, 0.25) is 0 Å². The second-order valence-corrected chi connectivity index (χ2v) is 7.92. The maximum Gasteiger partial charge on any atom is 0.270 e. The average Bonchev–Trinajstić information content (AvgIpc) is 2.77. The van der Waals surface area contributed by atoms with E-state index in [0.717, 1.165) is 32.4 Å². The van der Waals surface area contributed by atoms with Crippen molar-refractivity contribution in [3.63, 3.8) is 0 Å². The normalized spacial score (nSPS) is 14.2. The zero-order valence-corrected chi connectivity index (χ0v) is 17.9. The van der Waals surface area contributed by atoms with Gasteiger partial charge in [-0.3, -0.25) is 19.7 Å². The van der Waals surface area contributed by atoms with Crippen LogP contribution in [0.5, 0.6) is 0 Å². The molecule has 1 aliphatic heterocycles. The van der Waals surface area contributed by atoms with Crippen LogP contribution in [0.1, 0.15) is 53.8 Å². The Morgan fingerprint density at radius 3 is 2.55 bits per heavy atom. The molecule has 164 valence electrons. The number of hydrogen-bond donors (Lipinski definition) is 2. The predicted octanol–water partition coefficient (Wildman–Crippen LogP) is 4.22. The molecule has 0 radical (unpaired) electrons. The number of anilines is 2. The molecule has 8 nitrogen and oxygen atoms in total. The van der Waals surface area contributed by atoms with Crippen LogP contribution < -0.4 is 15.5 Å². The fraction of sp³-hybridized carbons (Fsp3) is 0.391. The molecule has 0 unspecified atom stereocenters. The van der Waals surface area contributed by atoms with Crippen LogP contribution in [0.3, 0.4) is 0 Å². The number of carbonyl (C=O) groups is 2. The van der Waals surface area contributed by atoms with Crippen LogP contribution in [0, 0.1) is 16.0 Å². The van der Waals surface area contributed by atoms with Crippen LogP contribution in [0.2, 0.25) is 0 Å². The largest absolute Gasteiger partial charge is 0.371 e. The van der Waals surface area contributed by atoms with Gasteiger partial charge in [0.05, 0.1) is 16.2 Å². The highest BCUT2D eigenvalue weighted by molar-refractivity contribution is 6.09. The molecule has 2 N–H and O–H groups in total. The van der Waals surface area contributed by atoms with E-state index in [2.05, 4.69) is 22.5 Å². The molecular formula is C23H28N4O4. The first kappa shape index (κ1) is 22.3. The van der Waals surface area contributed by atoms with Crippen LogP contribution in [0.4, 0.5) is 17.1 Å². The molecule has 1 aliphatic rings. The molecule has 2 aromatic carbocycles. The lowest BCUT2D eigenvalue weighted by Crippen LogP contribution is -2.34. The van der Waals surface area contributed by atoms with Crippen LogP contribution in [0.15, 0.2) is 42.5 Å². The number of amides is 2. The lowest BCUT2D eigenvalue weighted by Gasteiger charge is -2.33. The fourth-order valence-electron chi connectivity index (χ4n) is 3.62. The van der Waals surface area contributed by atoms with Crippen LogP contribution in [0.25, 0.3) is 0 Å². The van der Waals surface area contributed by atoms with Crippen molar-refractivity contribution < 1.29 is 14.5 Å². The molecule has 0 aliphatic carbocycles. The summed E-state index contributed by atoms with van der Waals surface area (Å²) in [7, 11) is 0. The molecule has 1 fully saturated rings. The number of piperidine rings is 1. The molecule has 8 heteroatoms. The molecule has 3 rings (SSSR count). The highest BCUT2D eigenvalue weighted by Gasteiger charge is 2.23. The topological polar surface area (TPSA) is 105 Å². The standard InChI is InChI=1S/C23H28N4O4/c1-3-11-24-22(28)17-5-4-6-18(14-17)25-23(29)20-15-19(27(30)31)7-8-21(20)26-12-9-16(2)10-13-26/h4-8,14-16H,3,9-13H2,1-2H3,(H,24,28)(H,25,29). The number of rotatable bonds is 7. The van der Waals surface area contributed by atoms with E-state index < -0.39 is 10.8 Å². The Morgan fingerprint density at radius 1 is 1.13 bits per heavy atom. The Kier molecular flexibility index (Phi) is 7.23. The second kappa shape index (κ2) is 10.1. The van der Waals surface area contributed by atoms with Gasteiger partial charge in [0, 0.05) is 43.0 Å². The molecule has 0 bridgehead atoms. The van der Waals surface area contributed by atoms with Gasteiger partial charge >= 0.3 is 0 Å². The average molecular weight is 425 g/mol. The van der Waals surface area contributed by atoms with Crippen molar-refractivity contribution in [2.75, 3.05) is 29.9 Å². The van der Waals surface area contributed by atoms with Gasteiger partial charge in [0.15, 0.2) is 0 Å². The molecule has 0 aromatic heterocycles. The van der Waals surface area contributed by atoms with Crippen LogP contribution >= 0.6 is 0 Å². The van der Waals surface area contributed by atoms with Gasteiger partial charge in [-0.15, -0.1) is 0 Å². The third kappa shape index (κ3) is 5.59. The predicted molar refractivity (Wildman–Crippen MR) is 121 cm³/mol.